The van der Waals surface area contributed by atoms with Crippen molar-refractivity contribution in [3.8, 4) is 5.75 Å². The Morgan fingerprint density at radius 3 is 2.86 bits per heavy atom. The number of ether oxygens (including phenoxy) is 1. The normalized spacial score (nSPS) is 17.7. The molecule has 0 unspecified atom stereocenters. The molecule has 0 aromatic heterocycles. The molecule has 0 saturated carbocycles. The first-order valence-electron chi connectivity index (χ1n) is 4.63. The summed E-state index contributed by atoms with van der Waals surface area (Å²) in [4.78, 5) is 0. The summed E-state index contributed by atoms with van der Waals surface area (Å²) in [7, 11) is 0. The third kappa shape index (κ3) is 1.38. The maximum Gasteiger partial charge on any atom is 0.165 e. The van der Waals surface area contributed by atoms with E-state index < -0.39 is 0 Å². The quantitative estimate of drug-likeness (QED) is 0.744. The fraction of sp³-hybridized carbons (Fsp3) is 0.455. The van der Waals surface area contributed by atoms with E-state index in [2.05, 4.69) is 0 Å². The molecule has 1 heterocycles. The zero-order valence-corrected chi connectivity index (χ0v) is 8.30. The second-order valence-electron chi connectivity index (χ2n) is 4.21. The van der Waals surface area contributed by atoms with Gasteiger partial charge in [-0.3, -0.25) is 0 Å². The van der Waals surface area contributed by atoms with Gasteiger partial charge in [0.25, 0.3) is 0 Å². The monoisotopic (exact) mass is 196 g/mol. The molecule has 2 nitrogen and oxygen atoms in total. The lowest BCUT2D eigenvalue weighted by atomic mass is 9.98. The zero-order valence-electron chi connectivity index (χ0n) is 8.30. The number of aliphatic hydroxyl groups excluding tert-OH is 1. The van der Waals surface area contributed by atoms with Crippen LogP contribution in [0.4, 0.5) is 4.39 Å². The molecule has 1 aromatic carbocycles. The van der Waals surface area contributed by atoms with Crippen LogP contribution in [0, 0.1) is 5.82 Å². The highest BCUT2D eigenvalue weighted by Crippen LogP contribution is 2.38. The smallest absolute Gasteiger partial charge is 0.165 e. The van der Waals surface area contributed by atoms with Crippen molar-refractivity contribution in [2.45, 2.75) is 32.5 Å². The molecule has 1 N–H and O–H groups in total. The first-order valence-corrected chi connectivity index (χ1v) is 4.63. The lowest BCUT2D eigenvalue weighted by Gasteiger charge is -2.16. The number of aliphatic hydroxyl groups is 1. The molecule has 1 aliphatic heterocycles. The molecule has 0 spiro atoms. The summed E-state index contributed by atoms with van der Waals surface area (Å²) in [5, 5.41) is 9.08. The minimum absolute atomic E-state index is 0.0674. The van der Waals surface area contributed by atoms with Crippen LogP contribution in [0.25, 0.3) is 0 Å². The second-order valence-corrected chi connectivity index (χ2v) is 4.21. The van der Waals surface area contributed by atoms with Gasteiger partial charge >= 0.3 is 0 Å². The van der Waals surface area contributed by atoms with Crippen molar-refractivity contribution >= 4 is 0 Å². The highest BCUT2D eigenvalue weighted by atomic mass is 19.1. The van der Waals surface area contributed by atoms with E-state index in [1.54, 1.807) is 6.07 Å². The van der Waals surface area contributed by atoms with E-state index in [4.69, 9.17) is 9.84 Å². The van der Waals surface area contributed by atoms with Crippen molar-refractivity contribution in [3.05, 3.63) is 29.1 Å². The van der Waals surface area contributed by atoms with Gasteiger partial charge < -0.3 is 9.84 Å². The lowest BCUT2D eigenvalue weighted by Crippen LogP contribution is -2.25. The van der Waals surface area contributed by atoms with Gasteiger partial charge in [-0.1, -0.05) is 6.07 Å². The topological polar surface area (TPSA) is 29.5 Å². The van der Waals surface area contributed by atoms with E-state index in [0.717, 1.165) is 11.1 Å². The van der Waals surface area contributed by atoms with Gasteiger partial charge in [0.2, 0.25) is 0 Å². The van der Waals surface area contributed by atoms with Crippen LogP contribution in [-0.4, -0.2) is 10.7 Å². The second kappa shape index (κ2) is 2.95. The highest BCUT2D eigenvalue weighted by Gasteiger charge is 2.33. The van der Waals surface area contributed by atoms with Gasteiger partial charge in [0.1, 0.15) is 5.60 Å². The van der Waals surface area contributed by atoms with Gasteiger partial charge in [-0.2, -0.15) is 0 Å². The van der Waals surface area contributed by atoms with E-state index in [0.29, 0.717) is 12.2 Å². The molecule has 0 bridgehead atoms. The van der Waals surface area contributed by atoms with Crippen molar-refractivity contribution in [2.75, 3.05) is 0 Å². The Bertz CT molecular complexity index is 372. The summed E-state index contributed by atoms with van der Waals surface area (Å²) in [6.07, 6.45) is 0.649. The summed E-state index contributed by atoms with van der Waals surface area (Å²) in [6, 6.07) is 2.95. The molecule has 2 rings (SSSR count). The maximum atomic E-state index is 13.3. The SMILES string of the molecule is CC1(C)Cc2c(CO)ccc(F)c2O1. The first kappa shape index (κ1) is 9.46. The van der Waals surface area contributed by atoms with Crippen LogP contribution < -0.4 is 4.74 Å². The average molecular weight is 196 g/mol. The predicted molar refractivity (Wildman–Crippen MR) is 50.7 cm³/mol. The Kier molecular flexibility index (Phi) is 2.00. The molecule has 0 atom stereocenters. The molecule has 1 aliphatic rings. The van der Waals surface area contributed by atoms with Gasteiger partial charge in [-0.25, -0.2) is 4.39 Å². The summed E-state index contributed by atoms with van der Waals surface area (Å²) in [5.74, 6) is -0.0377. The number of hydrogen-bond donors (Lipinski definition) is 1. The van der Waals surface area contributed by atoms with Gasteiger partial charge in [0, 0.05) is 12.0 Å². The molecule has 0 amide bonds. The Morgan fingerprint density at radius 1 is 1.50 bits per heavy atom. The van der Waals surface area contributed by atoms with E-state index in [9.17, 15) is 4.39 Å². The molecule has 0 aliphatic carbocycles. The van der Waals surface area contributed by atoms with Crippen molar-refractivity contribution < 1.29 is 14.2 Å². The number of hydrogen-bond acceptors (Lipinski definition) is 2. The largest absolute Gasteiger partial charge is 0.484 e. The summed E-state index contributed by atoms with van der Waals surface area (Å²) < 4.78 is 18.8. The lowest BCUT2D eigenvalue weighted by molar-refractivity contribution is 0.133. The number of rotatable bonds is 1. The maximum absolute atomic E-state index is 13.3. The first-order chi connectivity index (χ1) is 6.53. The minimum Gasteiger partial charge on any atom is -0.484 e. The molecule has 1 aromatic rings. The molecular formula is C11H13FO2. The van der Waals surface area contributed by atoms with E-state index in [1.807, 2.05) is 13.8 Å². The highest BCUT2D eigenvalue weighted by molar-refractivity contribution is 5.45. The Labute approximate surface area is 82.3 Å². The zero-order chi connectivity index (χ0) is 10.3. The van der Waals surface area contributed by atoms with E-state index in [1.165, 1.54) is 6.07 Å². The van der Waals surface area contributed by atoms with E-state index >= 15 is 0 Å². The van der Waals surface area contributed by atoms with Gasteiger partial charge in [0.15, 0.2) is 11.6 Å². The Morgan fingerprint density at radius 2 is 2.21 bits per heavy atom. The van der Waals surface area contributed by atoms with Gasteiger partial charge in [-0.15, -0.1) is 0 Å². The number of halogens is 1. The van der Waals surface area contributed by atoms with Gasteiger partial charge in [0.05, 0.1) is 6.61 Å². The molecular weight excluding hydrogens is 183 g/mol. The Hall–Kier alpha value is -1.09. The van der Waals surface area contributed by atoms with Crippen molar-refractivity contribution in [2.24, 2.45) is 0 Å². The molecule has 0 radical (unpaired) electrons. The average Bonchev–Trinajstić information content (AvgIpc) is 2.42. The van der Waals surface area contributed by atoms with Crippen LogP contribution in [-0.2, 0) is 13.0 Å². The molecule has 0 saturated heterocycles. The summed E-state index contributed by atoms with van der Waals surface area (Å²) in [5.41, 5.74) is 1.19. The minimum atomic E-state index is -0.367. The molecule has 14 heavy (non-hydrogen) atoms. The molecule has 3 heteroatoms. The third-order valence-electron chi connectivity index (χ3n) is 2.46. The van der Waals surface area contributed by atoms with Crippen molar-refractivity contribution in [1.29, 1.82) is 0 Å². The van der Waals surface area contributed by atoms with Crippen LogP contribution in [0.2, 0.25) is 0 Å². The fourth-order valence-electron chi connectivity index (χ4n) is 1.83. The number of benzene rings is 1. The van der Waals surface area contributed by atoms with Crippen LogP contribution in [0.5, 0.6) is 5.75 Å². The fourth-order valence-corrected chi connectivity index (χ4v) is 1.83. The molecule has 76 valence electrons. The van der Waals surface area contributed by atoms with Crippen molar-refractivity contribution in [1.82, 2.24) is 0 Å². The van der Waals surface area contributed by atoms with Crippen LogP contribution >= 0.6 is 0 Å². The van der Waals surface area contributed by atoms with Crippen LogP contribution in [0.15, 0.2) is 12.1 Å². The standard InChI is InChI=1S/C11H13FO2/c1-11(2)5-8-7(6-13)3-4-9(12)10(8)14-11/h3-4,13H,5-6H2,1-2H3. The predicted octanol–water partition coefficient (Wildman–Crippen LogP) is 2.03. The summed E-state index contributed by atoms with van der Waals surface area (Å²) in [6.45, 7) is 3.75. The van der Waals surface area contributed by atoms with Crippen LogP contribution in [0.1, 0.15) is 25.0 Å². The Balaban J connectivity index is 2.53. The molecule has 0 fully saturated rings. The summed E-state index contributed by atoms with van der Waals surface area (Å²) >= 11 is 0. The van der Waals surface area contributed by atoms with E-state index in [-0.39, 0.29) is 18.0 Å². The van der Waals surface area contributed by atoms with Gasteiger partial charge in [-0.05, 0) is 25.5 Å². The van der Waals surface area contributed by atoms with Crippen molar-refractivity contribution in [3.63, 3.8) is 0 Å². The van der Waals surface area contributed by atoms with Crippen LogP contribution in [0.3, 0.4) is 0 Å². The number of fused-ring (bicyclic) bond motifs is 1. The third-order valence-corrected chi connectivity index (χ3v) is 2.46.